The highest BCUT2D eigenvalue weighted by Gasteiger charge is 2.16. The lowest BCUT2D eigenvalue weighted by Gasteiger charge is -2.21. The summed E-state index contributed by atoms with van der Waals surface area (Å²) in [6.07, 6.45) is 3.36. The number of amides is 2. The fraction of sp³-hybridized carbons (Fsp3) is 0.286. The van der Waals surface area contributed by atoms with Gasteiger partial charge < -0.3 is 15.2 Å². The Hall–Kier alpha value is -3.15. The maximum Gasteiger partial charge on any atom is 0.322 e. The molecule has 0 aliphatic heterocycles. The number of anilines is 1. The van der Waals surface area contributed by atoms with Gasteiger partial charge >= 0.3 is 6.03 Å². The van der Waals surface area contributed by atoms with Gasteiger partial charge in [0.2, 0.25) is 0 Å². The van der Waals surface area contributed by atoms with Crippen molar-refractivity contribution in [3.8, 4) is 0 Å². The zero-order valence-electron chi connectivity index (χ0n) is 15.3. The fourth-order valence-electron chi connectivity index (χ4n) is 3.57. The van der Waals surface area contributed by atoms with E-state index in [1.807, 2.05) is 19.1 Å². The summed E-state index contributed by atoms with van der Waals surface area (Å²) in [5, 5.41) is 3.51. The first-order chi connectivity index (χ1) is 13.1. The number of rotatable bonds is 4. The van der Waals surface area contributed by atoms with Crippen LogP contribution in [0.25, 0.3) is 10.9 Å². The largest absolute Gasteiger partial charge is 0.322 e. The van der Waals surface area contributed by atoms with Gasteiger partial charge in [0.25, 0.3) is 5.56 Å². The van der Waals surface area contributed by atoms with Crippen LogP contribution in [0.1, 0.15) is 30.3 Å². The molecule has 1 heterocycles. The first-order valence-electron chi connectivity index (χ1n) is 9.29. The monoisotopic (exact) mass is 362 g/mol. The Kier molecular flexibility index (Phi) is 4.62. The van der Waals surface area contributed by atoms with Crippen LogP contribution in [0.4, 0.5) is 10.5 Å². The van der Waals surface area contributed by atoms with Crippen LogP contribution in [0.5, 0.6) is 0 Å². The SMILES string of the molecule is CCN(Cc1nc2ccccc2c(=O)[nH]1)C(=O)Nc1ccc2c(c1)CCC2. The van der Waals surface area contributed by atoms with Crippen molar-refractivity contribution in [3.63, 3.8) is 0 Å². The van der Waals surface area contributed by atoms with Crippen molar-refractivity contribution in [2.45, 2.75) is 32.7 Å². The number of para-hydroxylation sites is 1. The molecule has 0 atom stereocenters. The third-order valence-electron chi connectivity index (χ3n) is 5.02. The van der Waals surface area contributed by atoms with Gasteiger partial charge in [0.05, 0.1) is 17.4 Å². The van der Waals surface area contributed by atoms with E-state index in [2.05, 4.69) is 27.4 Å². The molecule has 0 radical (unpaired) electrons. The van der Waals surface area contributed by atoms with Gasteiger partial charge in [-0.05, 0) is 61.6 Å². The number of urea groups is 1. The number of aromatic nitrogens is 2. The average molecular weight is 362 g/mol. The second-order valence-electron chi connectivity index (χ2n) is 6.81. The average Bonchev–Trinajstić information content (AvgIpc) is 3.14. The maximum absolute atomic E-state index is 12.7. The summed E-state index contributed by atoms with van der Waals surface area (Å²) in [7, 11) is 0. The van der Waals surface area contributed by atoms with Crippen molar-refractivity contribution in [1.82, 2.24) is 14.9 Å². The number of aromatic amines is 1. The number of nitrogens with zero attached hydrogens (tertiary/aromatic N) is 2. The summed E-state index contributed by atoms with van der Waals surface area (Å²) in [5.74, 6) is 0.477. The smallest absolute Gasteiger partial charge is 0.317 e. The van der Waals surface area contributed by atoms with Gasteiger partial charge in [-0.2, -0.15) is 0 Å². The van der Waals surface area contributed by atoms with E-state index in [-0.39, 0.29) is 18.1 Å². The molecule has 0 spiro atoms. The number of hydrogen-bond donors (Lipinski definition) is 2. The summed E-state index contributed by atoms with van der Waals surface area (Å²) in [6, 6.07) is 13.1. The third kappa shape index (κ3) is 3.56. The van der Waals surface area contributed by atoms with Crippen LogP contribution in [0.2, 0.25) is 0 Å². The van der Waals surface area contributed by atoms with Crippen molar-refractivity contribution >= 4 is 22.6 Å². The predicted molar refractivity (Wildman–Crippen MR) is 106 cm³/mol. The first kappa shape index (κ1) is 17.3. The van der Waals surface area contributed by atoms with Crippen molar-refractivity contribution in [1.29, 1.82) is 0 Å². The molecule has 0 unspecified atom stereocenters. The van der Waals surface area contributed by atoms with Crippen LogP contribution >= 0.6 is 0 Å². The van der Waals surface area contributed by atoms with Crippen molar-refractivity contribution in [2.24, 2.45) is 0 Å². The molecule has 2 amide bonds. The standard InChI is InChI=1S/C21H22N4O2/c1-2-25(13-19-23-18-9-4-3-8-17(18)20(26)24-19)21(27)22-16-11-10-14-6-5-7-15(14)12-16/h3-4,8-12H,2,5-7,13H2,1H3,(H,22,27)(H,23,24,26). The molecule has 2 aromatic carbocycles. The van der Waals surface area contributed by atoms with E-state index >= 15 is 0 Å². The Morgan fingerprint density at radius 2 is 2.00 bits per heavy atom. The third-order valence-corrected chi connectivity index (χ3v) is 5.02. The van der Waals surface area contributed by atoms with Gasteiger partial charge in [0.1, 0.15) is 5.82 Å². The summed E-state index contributed by atoms with van der Waals surface area (Å²) in [6.45, 7) is 2.65. The molecule has 2 N–H and O–H groups in total. The molecule has 6 nitrogen and oxygen atoms in total. The predicted octanol–water partition coefficient (Wildman–Crippen LogP) is 3.47. The number of fused-ring (bicyclic) bond motifs is 2. The van der Waals surface area contributed by atoms with Gasteiger partial charge in [-0.3, -0.25) is 4.79 Å². The second-order valence-corrected chi connectivity index (χ2v) is 6.81. The molecular weight excluding hydrogens is 340 g/mol. The molecular formula is C21H22N4O2. The van der Waals surface area contributed by atoms with Crippen molar-refractivity contribution in [2.75, 3.05) is 11.9 Å². The number of carbonyl (C=O) groups excluding carboxylic acids is 1. The number of carbonyl (C=O) groups is 1. The van der Waals surface area contributed by atoms with E-state index in [0.717, 1.165) is 18.5 Å². The van der Waals surface area contributed by atoms with Crippen LogP contribution in [-0.4, -0.2) is 27.4 Å². The minimum Gasteiger partial charge on any atom is -0.317 e. The molecule has 4 rings (SSSR count). The van der Waals surface area contributed by atoms with Gasteiger partial charge in [0, 0.05) is 12.2 Å². The van der Waals surface area contributed by atoms with Crippen LogP contribution in [0.3, 0.4) is 0 Å². The lowest BCUT2D eigenvalue weighted by atomic mass is 10.1. The van der Waals surface area contributed by atoms with E-state index < -0.39 is 0 Å². The topological polar surface area (TPSA) is 78.1 Å². The van der Waals surface area contributed by atoms with Crippen LogP contribution < -0.4 is 10.9 Å². The highest BCUT2D eigenvalue weighted by molar-refractivity contribution is 5.89. The molecule has 0 fully saturated rings. The van der Waals surface area contributed by atoms with Crippen LogP contribution in [-0.2, 0) is 19.4 Å². The fourth-order valence-corrected chi connectivity index (χ4v) is 3.57. The molecule has 0 saturated heterocycles. The van der Waals surface area contributed by atoms with Crippen LogP contribution in [0, 0.1) is 0 Å². The van der Waals surface area contributed by atoms with Gasteiger partial charge in [0.15, 0.2) is 0 Å². The Balaban J connectivity index is 1.52. The molecule has 1 aliphatic rings. The quantitative estimate of drug-likeness (QED) is 0.746. The van der Waals surface area contributed by atoms with E-state index in [0.29, 0.717) is 23.3 Å². The maximum atomic E-state index is 12.7. The van der Waals surface area contributed by atoms with Gasteiger partial charge in [-0.15, -0.1) is 0 Å². The molecule has 0 bridgehead atoms. The number of H-pyrrole nitrogens is 1. The minimum atomic E-state index is -0.203. The van der Waals surface area contributed by atoms with E-state index in [4.69, 9.17) is 0 Å². The van der Waals surface area contributed by atoms with Gasteiger partial charge in [-0.25, -0.2) is 9.78 Å². The Labute approximate surface area is 157 Å². The number of benzene rings is 2. The second kappa shape index (κ2) is 7.23. The molecule has 6 heteroatoms. The zero-order valence-corrected chi connectivity index (χ0v) is 15.3. The van der Waals surface area contributed by atoms with Gasteiger partial charge in [-0.1, -0.05) is 18.2 Å². The normalized spacial score (nSPS) is 12.8. The summed E-state index contributed by atoms with van der Waals surface area (Å²) < 4.78 is 0. The highest BCUT2D eigenvalue weighted by Crippen LogP contribution is 2.25. The lowest BCUT2D eigenvalue weighted by molar-refractivity contribution is 0.211. The molecule has 138 valence electrons. The molecule has 1 aliphatic carbocycles. The molecule has 27 heavy (non-hydrogen) atoms. The Bertz CT molecular complexity index is 1060. The summed E-state index contributed by atoms with van der Waals surface area (Å²) in [5.41, 5.74) is 3.94. The summed E-state index contributed by atoms with van der Waals surface area (Å²) >= 11 is 0. The van der Waals surface area contributed by atoms with E-state index in [1.54, 1.807) is 23.1 Å². The number of hydrogen-bond acceptors (Lipinski definition) is 3. The minimum absolute atomic E-state index is 0.189. The lowest BCUT2D eigenvalue weighted by Crippen LogP contribution is -2.35. The Morgan fingerprint density at radius 1 is 1.19 bits per heavy atom. The van der Waals surface area contributed by atoms with Crippen molar-refractivity contribution in [3.05, 3.63) is 69.8 Å². The van der Waals surface area contributed by atoms with E-state index in [9.17, 15) is 9.59 Å². The molecule has 3 aromatic rings. The Morgan fingerprint density at radius 3 is 2.85 bits per heavy atom. The van der Waals surface area contributed by atoms with Crippen LogP contribution in [0.15, 0.2) is 47.3 Å². The zero-order chi connectivity index (χ0) is 18.8. The highest BCUT2D eigenvalue weighted by atomic mass is 16.2. The number of aryl methyl sites for hydroxylation is 2. The molecule has 0 saturated carbocycles. The van der Waals surface area contributed by atoms with E-state index in [1.165, 1.54) is 17.5 Å². The first-order valence-corrected chi connectivity index (χ1v) is 9.29. The number of nitrogens with one attached hydrogen (secondary N) is 2. The molecule has 1 aromatic heterocycles. The summed E-state index contributed by atoms with van der Waals surface area (Å²) in [4.78, 5) is 33.8. The van der Waals surface area contributed by atoms with Crippen molar-refractivity contribution < 1.29 is 4.79 Å².